The summed E-state index contributed by atoms with van der Waals surface area (Å²) in [5.74, 6) is 0.159. The van der Waals surface area contributed by atoms with Crippen LogP contribution in [0.5, 0.6) is 0 Å². The van der Waals surface area contributed by atoms with E-state index in [-0.39, 0.29) is 17.9 Å². The molecule has 1 atom stereocenters. The number of piperidine rings is 1. The van der Waals surface area contributed by atoms with Crippen molar-refractivity contribution in [2.75, 3.05) is 18.9 Å². The standard InChI is InChI=1S/C15H19N3O2/c1-18-9-11-8-10(5-6-12(11)17-15(18)20)14(19)13-4-2-3-7-16-13/h5-6,8,13,16H,2-4,7,9H2,1H3,(H,17,20). The van der Waals surface area contributed by atoms with Crippen LogP contribution in [0, 0.1) is 0 Å². The molecule has 1 saturated heterocycles. The molecule has 0 bridgehead atoms. The van der Waals surface area contributed by atoms with E-state index >= 15 is 0 Å². The van der Waals surface area contributed by atoms with Gasteiger partial charge in [-0.2, -0.15) is 0 Å². The van der Waals surface area contributed by atoms with Gasteiger partial charge in [-0.05, 0) is 43.1 Å². The van der Waals surface area contributed by atoms with Gasteiger partial charge in [-0.1, -0.05) is 6.42 Å². The van der Waals surface area contributed by atoms with Gasteiger partial charge in [-0.25, -0.2) is 4.79 Å². The third-order valence-electron chi connectivity index (χ3n) is 4.01. The second-order valence-corrected chi connectivity index (χ2v) is 5.52. The number of rotatable bonds is 2. The zero-order valence-electron chi connectivity index (χ0n) is 11.6. The van der Waals surface area contributed by atoms with Crippen LogP contribution in [0.1, 0.15) is 35.2 Å². The molecule has 2 aliphatic rings. The Morgan fingerprint density at radius 2 is 2.20 bits per heavy atom. The predicted molar refractivity (Wildman–Crippen MR) is 76.9 cm³/mol. The summed E-state index contributed by atoms with van der Waals surface area (Å²) in [6.07, 6.45) is 3.16. The molecule has 5 nitrogen and oxygen atoms in total. The highest BCUT2D eigenvalue weighted by Crippen LogP contribution is 2.25. The molecule has 3 rings (SSSR count). The number of ketones is 1. The number of Topliss-reactive ketones (excluding diaryl/α,β-unsaturated/α-hetero) is 1. The van der Waals surface area contributed by atoms with Crippen molar-refractivity contribution in [1.82, 2.24) is 10.2 Å². The quantitative estimate of drug-likeness (QED) is 0.810. The molecule has 1 aromatic carbocycles. The van der Waals surface area contributed by atoms with Crippen LogP contribution in [0.25, 0.3) is 0 Å². The Bertz CT molecular complexity index is 550. The number of fused-ring (bicyclic) bond motifs is 1. The number of nitrogens with one attached hydrogen (secondary N) is 2. The second kappa shape index (κ2) is 5.25. The molecule has 0 aromatic heterocycles. The van der Waals surface area contributed by atoms with Crippen LogP contribution in [0.4, 0.5) is 10.5 Å². The van der Waals surface area contributed by atoms with Gasteiger partial charge in [0.25, 0.3) is 0 Å². The number of hydrogen-bond acceptors (Lipinski definition) is 3. The van der Waals surface area contributed by atoms with E-state index in [1.165, 1.54) is 0 Å². The summed E-state index contributed by atoms with van der Waals surface area (Å²) in [6, 6.07) is 5.38. The van der Waals surface area contributed by atoms with E-state index in [9.17, 15) is 9.59 Å². The zero-order chi connectivity index (χ0) is 14.1. The second-order valence-electron chi connectivity index (χ2n) is 5.52. The first-order valence-electron chi connectivity index (χ1n) is 7.08. The van der Waals surface area contributed by atoms with Gasteiger partial charge in [0, 0.05) is 24.8 Å². The Labute approximate surface area is 118 Å². The lowest BCUT2D eigenvalue weighted by molar-refractivity contribution is 0.0927. The smallest absolute Gasteiger partial charge is 0.321 e. The molecule has 2 aliphatic heterocycles. The van der Waals surface area contributed by atoms with Gasteiger partial charge >= 0.3 is 6.03 Å². The van der Waals surface area contributed by atoms with Crippen LogP contribution >= 0.6 is 0 Å². The summed E-state index contributed by atoms with van der Waals surface area (Å²) in [4.78, 5) is 25.6. The van der Waals surface area contributed by atoms with Gasteiger partial charge in [0.2, 0.25) is 0 Å². The highest BCUT2D eigenvalue weighted by molar-refractivity contribution is 6.01. The van der Waals surface area contributed by atoms with Crippen molar-refractivity contribution >= 4 is 17.5 Å². The SMILES string of the molecule is CN1Cc2cc(C(=O)C3CCCCN3)ccc2NC1=O. The molecule has 0 spiro atoms. The molecule has 1 unspecified atom stereocenters. The largest absolute Gasteiger partial charge is 0.323 e. The normalized spacial score (nSPS) is 22.1. The van der Waals surface area contributed by atoms with Crippen LogP contribution in [0.3, 0.4) is 0 Å². The fourth-order valence-electron chi connectivity index (χ4n) is 2.81. The third kappa shape index (κ3) is 2.41. The van der Waals surface area contributed by atoms with Crippen molar-refractivity contribution < 1.29 is 9.59 Å². The summed E-state index contributed by atoms with van der Waals surface area (Å²) in [6.45, 7) is 1.46. The van der Waals surface area contributed by atoms with Crippen molar-refractivity contribution in [3.63, 3.8) is 0 Å². The van der Waals surface area contributed by atoms with Crippen LogP contribution in [0.15, 0.2) is 18.2 Å². The average Bonchev–Trinajstić information content (AvgIpc) is 2.48. The first-order chi connectivity index (χ1) is 9.65. The molecule has 20 heavy (non-hydrogen) atoms. The maximum atomic E-state index is 12.5. The van der Waals surface area contributed by atoms with E-state index < -0.39 is 0 Å². The van der Waals surface area contributed by atoms with Gasteiger partial charge in [0.1, 0.15) is 0 Å². The lowest BCUT2D eigenvalue weighted by atomic mass is 9.94. The lowest BCUT2D eigenvalue weighted by Crippen LogP contribution is -2.40. The summed E-state index contributed by atoms with van der Waals surface area (Å²) in [7, 11) is 1.75. The number of nitrogens with zero attached hydrogens (tertiary/aromatic N) is 1. The summed E-state index contributed by atoms with van der Waals surface area (Å²) >= 11 is 0. The highest BCUT2D eigenvalue weighted by Gasteiger charge is 2.24. The zero-order valence-corrected chi connectivity index (χ0v) is 11.6. The number of benzene rings is 1. The molecule has 0 radical (unpaired) electrons. The van der Waals surface area contributed by atoms with E-state index in [0.717, 1.165) is 42.6 Å². The maximum absolute atomic E-state index is 12.5. The Hall–Kier alpha value is -1.88. The van der Waals surface area contributed by atoms with Gasteiger partial charge in [-0.3, -0.25) is 4.79 Å². The fourth-order valence-corrected chi connectivity index (χ4v) is 2.81. The molecule has 1 fully saturated rings. The van der Waals surface area contributed by atoms with Crippen LogP contribution in [-0.4, -0.2) is 36.3 Å². The number of anilines is 1. The van der Waals surface area contributed by atoms with Crippen molar-refractivity contribution in [3.8, 4) is 0 Å². The predicted octanol–water partition coefficient (Wildman–Crippen LogP) is 1.99. The minimum absolute atomic E-state index is 0.0577. The molecule has 1 aromatic rings. The average molecular weight is 273 g/mol. The number of carbonyl (C=O) groups is 2. The van der Waals surface area contributed by atoms with Crippen molar-refractivity contribution in [2.45, 2.75) is 31.8 Å². The molecular weight excluding hydrogens is 254 g/mol. The van der Waals surface area contributed by atoms with Crippen LogP contribution in [-0.2, 0) is 6.54 Å². The van der Waals surface area contributed by atoms with E-state index in [2.05, 4.69) is 10.6 Å². The molecule has 0 saturated carbocycles. The minimum Gasteiger partial charge on any atom is -0.323 e. The molecule has 106 valence electrons. The summed E-state index contributed by atoms with van der Waals surface area (Å²) < 4.78 is 0. The fraction of sp³-hybridized carbons (Fsp3) is 0.467. The van der Waals surface area contributed by atoms with Gasteiger partial charge in [0.15, 0.2) is 5.78 Å². The van der Waals surface area contributed by atoms with E-state index in [4.69, 9.17) is 0 Å². The number of urea groups is 1. The monoisotopic (exact) mass is 273 g/mol. The maximum Gasteiger partial charge on any atom is 0.321 e. The molecule has 2 heterocycles. The number of carbonyl (C=O) groups excluding carboxylic acids is 2. The number of amides is 2. The number of hydrogen-bond donors (Lipinski definition) is 2. The molecular formula is C15H19N3O2. The van der Waals surface area contributed by atoms with Gasteiger partial charge in [-0.15, -0.1) is 0 Å². The minimum atomic E-state index is -0.106. The summed E-state index contributed by atoms with van der Waals surface area (Å²) in [5, 5.41) is 6.10. The van der Waals surface area contributed by atoms with Crippen molar-refractivity contribution in [1.29, 1.82) is 0 Å². The Morgan fingerprint density at radius 3 is 2.95 bits per heavy atom. The van der Waals surface area contributed by atoms with E-state index in [0.29, 0.717) is 6.54 Å². The van der Waals surface area contributed by atoms with E-state index in [1.54, 1.807) is 11.9 Å². The van der Waals surface area contributed by atoms with Gasteiger partial charge in [0.05, 0.1) is 6.04 Å². The van der Waals surface area contributed by atoms with Crippen LogP contribution < -0.4 is 10.6 Å². The lowest BCUT2D eigenvalue weighted by Gasteiger charge is -2.27. The molecule has 2 amide bonds. The molecule has 5 heteroatoms. The van der Waals surface area contributed by atoms with Crippen molar-refractivity contribution in [3.05, 3.63) is 29.3 Å². The first-order valence-corrected chi connectivity index (χ1v) is 7.08. The highest BCUT2D eigenvalue weighted by atomic mass is 16.2. The Morgan fingerprint density at radius 1 is 1.35 bits per heavy atom. The molecule has 0 aliphatic carbocycles. The topological polar surface area (TPSA) is 61.4 Å². The van der Waals surface area contributed by atoms with Crippen molar-refractivity contribution in [2.24, 2.45) is 0 Å². The van der Waals surface area contributed by atoms with Crippen LogP contribution in [0.2, 0.25) is 0 Å². The Kier molecular flexibility index (Phi) is 3.44. The molecule has 2 N–H and O–H groups in total. The van der Waals surface area contributed by atoms with E-state index in [1.807, 2.05) is 18.2 Å². The first kappa shape index (κ1) is 13.1. The summed E-state index contributed by atoms with van der Waals surface area (Å²) in [5.41, 5.74) is 2.53. The Balaban J connectivity index is 1.83. The van der Waals surface area contributed by atoms with Gasteiger partial charge < -0.3 is 15.5 Å². The third-order valence-corrected chi connectivity index (χ3v) is 4.01.